The van der Waals surface area contributed by atoms with Gasteiger partial charge in [-0.3, -0.25) is 0 Å². The largest absolute Gasteiger partial charge is 0.406 e. The van der Waals surface area contributed by atoms with Crippen LogP contribution in [0.4, 0.5) is 0 Å². The smallest absolute Gasteiger partial charge is 0.261 e. The second-order valence-electron chi connectivity index (χ2n) is 7.74. The van der Waals surface area contributed by atoms with Crippen LogP contribution in [0.25, 0.3) is 0 Å². The van der Waals surface area contributed by atoms with Gasteiger partial charge in [0.1, 0.15) is 0 Å². The van der Waals surface area contributed by atoms with Crippen LogP contribution in [0, 0.1) is 0 Å². The molecule has 134 valence electrons. The summed E-state index contributed by atoms with van der Waals surface area (Å²) in [7, 11) is -2.47. The highest BCUT2D eigenvalue weighted by Crippen LogP contribution is 2.38. The molecule has 0 spiro atoms. The molecule has 0 radical (unpaired) electrons. The molecule has 1 saturated heterocycles. The fourth-order valence-corrected chi connectivity index (χ4v) is 9.67. The highest BCUT2D eigenvalue weighted by molar-refractivity contribution is 8.00. The average Bonchev–Trinajstić information content (AvgIpc) is 3.01. The number of aliphatic hydroxyl groups is 1. The zero-order valence-corrected chi connectivity index (χ0v) is 17.1. The third-order valence-corrected chi connectivity index (χ3v) is 11.4. The van der Waals surface area contributed by atoms with Crippen molar-refractivity contribution >= 4 is 30.5 Å². The number of hydrogen-bond donors (Lipinski definition) is 1. The Bertz CT molecular complexity index is 630. The molecule has 1 aliphatic rings. The first-order valence-electron chi connectivity index (χ1n) is 9.00. The Hall–Kier alpha value is -1.07. The lowest BCUT2D eigenvalue weighted by molar-refractivity contribution is 0.148. The molecular formula is C21H28O2SSi. The van der Waals surface area contributed by atoms with E-state index in [1.54, 1.807) is 0 Å². The summed E-state index contributed by atoms with van der Waals surface area (Å²) in [6, 6.07) is 21.4. The van der Waals surface area contributed by atoms with Crippen LogP contribution in [0.2, 0.25) is 5.04 Å². The van der Waals surface area contributed by atoms with Crippen molar-refractivity contribution in [2.45, 2.75) is 43.6 Å². The molecular weight excluding hydrogens is 344 g/mol. The molecule has 25 heavy (non-hydrogen) atoms. The van der Waals surface area contributed by atoms with E-state index in [2.05, 4.69) is 81.4 Å². The molecule has 0 amide bonds. The second kappa shape index (κ2) is 7.66. The number of aliphatic hydroxyl groups excluding tert-OH is 1. The lowest BCUT2D eigenvalue weighted by atomic mass is 10.2. The zero-order chi connectivity index (χ0) is 17.9. The molecule has 1 fully saturated rings. The van der Waals surface area contributed by atoms with Crippen molar-refractivity contribution < 1.29 is 9.53 Å². The van der Waals surface area contributed by atoms with Gasteiger partial charge in [0.05, 0.1) is 11.4 Å². The summed E-state index contributed by atoms with van der Waals surface area (Å²) in [5, 5.41) is 13.0. The van der Waals surface area contributed by atoms with Crippen LogP contribution in [0.5, 0.6) is 0 Å². The van der Waals surface area contributed by atoms with Gasteiger partial charge in [0.25, 0.3) is 8.32 Å². The normalized spacial score (nSPS) is 21.4. The molecule has 2 aromatic rings. The Labute approximate surface area is 156 Å². The van der Waals surface area contributed by atoms with E-state index in [9.17, 15) is 5.11 Å². The highest BCUT2D eigenvalue weighted by Gasteiger charge is 2.50. The Morgan fingerprint density at radius 3 is 1.92 bits per heavy atom. The summed E-state index contributed by atoms with van der Waals surface area (Å²) in [6.45, 7) is 7.48. The van der Waals surface area contributed by atoms with Crippen molar-refractivity contribution in [1.82, 2.24) is 0 Å². The van der Waals surface area contributed by atoms with E-state index in [1.165, 1.54) is 10.4 Å². The van der Waals surface area contributed by atoms with E-state index in [1.807, 2.05) is 11.8 Å². The van der Waals surface area contributed by atoms with E-state index in [0.717, 1.165) is 12.2 Å². The van der Waals surface area contributed by atoms with E-state index >= 15 is 0 Å². The zero-order valence-electron chi connectivity index (χ0n) is 15.3. The van der Waals surface area contributed by atoms with Gasteiger partial charge in [-0.15, -0.1) is 0 Å². The quantitative estimate of drug-likeness (QED) is 0.816. The van der Waals surface area contributed by atoms with Crippen molar-refractivity contribution in [3.05, 3.63) is 60.7 Å². The van der Waals surface area contributed by atoms with Crippen molar-refractivity contribution in [1.29, 1.82) is 0 Å². The molecule has 0 aliphatic carbocycles. The maximum absolute atomic E-state index is 10.2. The van der Waals surface area contributed by atoms with Crippen LogP contribution in [-0.2, 0) is 4.43 Å². The van der Waals surface area contributed by atoms with E-state index in [-0.39, 0.29) is 16.4 Å². The Morgan fingerprint density at radius 1 is 1.00 bits per heavy atom. The molecule has 0 saturated carbocycles. The molecule has 0 bridgehead atoms. The molecule has 0 aromatic heterocycles. The maximum atomic E-state index is 10.2. The van der Waals surface area contributed by atoms with Gasteiger partial charge >= 0.3 is 0 Å². The first-order valence-corrected chi connectivity index (χ1v) is 12.0. The molecule has 2 atom stereocenters. The third kappa shape index (κ3) is 3.72. The van der Waals surface area contributed by atoms with Gasteiger partial charge in [-0.2, -0.15) is 11.8 Å². The van der Waals surface area contributed by atoms with Crippen LogP contribution >= 0.6 is 11.8 Å². The standard InChI is InChI=1S/C21H28O2SSi/c1-21(2,3)25(17-10-6-4-7-11-17,18-12-8-5-9-13-18)23-16-20-19(22)14-15-24-20/h4-13,19-20,22H,14-16H2,1-3H3/t19-,20+/m0/s1. The Morgan fingerprint density at radius 2 is 1.52 bits per heavy atom. The number of hydrogen-bond acceptors (Lipinski definition) is 3. The van der Waals surface area contributed by atoms with Crippen LogP contribution in [0.3, 0.4) is 0 Å². The molecule has 1 N–H and O–H groups in total. The predicted octanol–water partition coefficient (Wildman–Crippen LogP) is 3.43. The molecule has 2 nitrogen and oxygen atoms in total. The summed E-state index contributed by atoms with van der Waals surface area (Å²) >= 11 is 1.84. The summed E-state index contributed by atoms with van der Waals surface area (Å²) in [4.78, 5) is 0. The fraction of sp³-hybridized carbons (Fsp3) is 0.429. The average molecular weight is 373 g/mol. The highest BCUT2D eigenvalue weighted by atomic mass is 32.2. The summed E-state index contributed by atoms with van der Waals surface area (Å²) in [5.74, 6) is 1.02. The van der Waals surface area contributed by atoms with E-state index in [4.69, 9.17) is 4.43 Å². The number of rotatable bonds is 5. The summed E-state index contributed by atoms with van der Waals surface area (Å²) < 4.78 is 6.88. The lowest BCUT2D eigenvalue weighted by Gasteiger charge is -2.43. The predicted molar refractivity (Wildman–Crippen MR) is 110 cm³/mol. The summed E-state index contributed by atoms with van der Waals surface area (Å²) in [6.07, 6.45) is 0.627. The van der Waals surface area contributed by atoms with Crippen molar-refractivity contribution in [2.24, 2.45) is 0 Å². The molecule has 0 unspecified atom stereocenters. The molecule has 4 heteroatoms. The van der Waals surface area contributed by atoms with Gasteiger partial charge in [-0.25, -0.2) is 0 Å². The topological polar surface area (TPSA) is 29.5 Å². The minimum Gasteiger partial charge on any atom is -0.406 e. The third-order valence-electron chi connectivity index (χ3n) is 5.06. The maximum Gasteiger partial charge on any atom is 0.261 e. The summed E-state index contributed by atoms with van der Waals surface area (Å²) in [5.41, 5.74) is 0. The molecule has 3 rings (SSSR count). The van der Waals surface area contributed by atoms with Gasteiger partial charge < -0.3 is 9.53 Å². The molecule has 2 aromatic carbocycles. The van der Waals surface area contributed by atoms with Crippen LogP contribution in [0.15, 0.2) is 60.7 Å². The Balaban J connectivity index is 2.05. The van der Waals surface area contributed by atoms with Gasteiger partial charge in [0.15, 0.2) is 0 Å². The Kier molecular flexibility index (Phi) is 5.74. The minimum absolute atomic E-state index is 0.00999. The minimum atomic E-state index is -2.47. The van der Waals surface area contributed by atoms with Gasteiger partial charge in [-0.1, -0.05) is 81.4 Å². The first kappa shape index (κ1) is 18.7. The first-order chi connectivity index (χ1) is 11.9. The van der Waals surface area contributed by atoms with Crippen molar-refractivity contribution in [2.75, 3.05) is 12.4 Å². The lowest BCUT2D eigenvalue weighted by Crippen LogP contribution is -2.67. The SMILES string of the molecule is CC(C)(C)[Si](OC[C@H]1SCC[C@@H]1O)(c1ccccc1)c1ccccc1. The van der Waals surface area contributed by atoms with Crippen LogP contribution in [0.1, 0.15) is 27.2 Å². The van der Waals surface area contributed by atoms with Crippen LogP contribution < -0.4 is 10.4 Å². The number of thioether (sulfide) groups is 1. The number of benzene rings is 2. The van der Waals surface area contributed by atoms with Gasteiger partial charge in [0, 0.05) is 6.61 Å². The van der Waals surface area contributed by atoms with Gasteiger partial charge in [-0.05, 0) is 27.6 Å². The van der Waals surface area contributed by atoms with Crippen LogP contribution in [-0.4, -0.2) is 37.1 Å². The van der Waals surface area contributed by atoms with Crippen molar-refractivity contribution in [3.63, 3.8) is 0 Å². The second-order valence-corrected chi connectivity index (χ2v) is 13.4. The fourth-order valence-electron chi connectivity index (χ4n) is 3.77. The molecule has 1 heterocycles. The van der Waals surface area contributed by atoms with E-state index < -0.39 is 8.32 Å². The monoisotopic (exact) mass is 372 g/mol. The van der Waals surface area contributed by atoms with Gasteiger partial charge in [0.2, 0.25) is 0 Å². The van der Waals surface area contributed by atoms with E-state index in [0.29, 0.717) is 6.61 Å². The van der Waals surface area contributed by atoms with Crippen molar-refractivity contribution in [3.8, 4) is 0 Å². The molecule has 1 aliphatic heterocycles.